The summed E-state index contributed by atoms with van der Waals surface area (Å²) in [5.41, 5.74) is 5.61. The molecule has 196 valence electrons. The Bertz CT molecular complexity index is 1500. The van der Waals surface area contributed by atoms with Crippen molar-refractivity contribution in [3.63, 3.8) is 0 Å². The Hall–Kier alpha value is -4.21. The highest BCUT2D eigenvalue weighted by molar-refractivity contribution is 6.03. The third kappa shape index (κ3) is 5.94. The van der Waals surface area contributed by atoms with Crippen LogP contribution in [0.3, 0.4) is 0 Å². The van der Waals surface area contributed by atoms with Crippen LogP contribution >= 0.6 is 0 Å². The van der Waals surface area contributed by atoms with Crippen LogP contribution in [0, 0.1) is 25.3 Å². The lowest BCUT2D eigenvalue weighted by atomic mass is 9.95. The van der Waals surface area contributed by atoms with Crippen LogP contribution in [0.5, 0.6) is 0 Å². The molecule has 2 fully saturated rings. The first-order valence-corrected chi connectivity index (χ1v) is 13.8. The molecule has 2 aliphatic rings. The molecule has 2 saturated carbocycles. The van der Waals surface area contributed by atoms with Gasteiger partial charge in [0.05, 0.1) is 24.0 Å². The molecule has 0 radical (unpaired) electrons. The summed E-state index contributed by atoms with van der Waals surface area (Å²) in [5.74, 6) is 1.36. The van der Waals surface area contributed by atoms with Crippen molar-refractivity contribution in [3.05, 3.63) is 119 Å². The van der Waals surface area contributed by atoms with Crippen molar-refractivity contribution in [1.82, 2.24) is 14.7 Å². The molecule has 6 rings (SSSR count). The molecule has 6 nitrogen and oxygen atoms in total. The van der Waals surface area contributed by atoms with Gasteiger partial charge in [0.15, 0.2) is 5.69 Å². The number of nitrogens with zero attached hydrogens (tertiary/aromatic N) is 4. The number of benzene rings is 3. The van der Waals surface area contributed by atoms with Gasteiger partial charge in [-0.1, -0.05) is 54.6 Å². The molecule has 1 amide bonds. The van der Waals surface area contributed by atoms with E-state index in [1.165, 1.54) is 36.8 Å². The number of nitrogens with one attached hydrogen (secondary N) is 1. The van der Waals surface area contributed by atoms with Crippen LogP contribution in [0.1, 0.15) is 59.0 Å². The predicted octanol–water partition coefficient (Wildman–Crippen LogP) is 7.20. The van der Waals surface area contributed by atoms with Crippen LogP contribution in [0.4, 0.5) is 11.4 Å². The van der Waals surface area contributed by atoms with Crippen LogP contribution in [-0.2, 0) is 0 Å². The Balaban J connectivity index is 1.30. The highest BCUT2D eigenvalue weighted by Crippen LogP contribution is 2.39. The average molecular weight is 516 g/mol. The molecule has 4 aromatic rings. The van der Waals surface area contributed by atoms with Gasteiger partial charge >= 0.3 is 0 Å². The summed E-state index contributed by atoms with van der Waals surface area (Å²) < 4.78 is 1.61. The summed E-state index contributed by atoms with van der Waals surface area (Å²) in [6, 6.07) is 28.1. The van der Waals surface area contributed by atoms with Gasteiger partial charge in [-0.05, 0) is 85.9 Å². The van der Waals surface area contributed by atoms with Crippen LogP contribution in [0.25, 0.3) is 10.5 Å². The number of aromatic nitrogens is 2. The summed E-state index contributed by atoms with van der Waals surface area (Å²) in [7, 11) is 0. The minimum atomic E-state index is -0.231. The number of anilines is 1. The zero-order valence-corrected chi connectivity index (χ0v) is 22.3. The van der Waals surface area contributed by atoms with Gasteiger partial charge in [0.2, 0.25) is 0 Å². The third-order valence-electron chi connectivity index (χ3n) is 7.59. The summed E-state index contributed by atoms with van der Waals surface area (Å²) in [6.07, 6.45) is 5.30. The molecule has 39 heavy (non-hydrogen) atoms. The fraction of sp³-hybridized carbons (Fsp3) is 0.303. The van der Waals surface area contributed by atoms with Crippen LogP contribution < -0.4 is 5.32 Å². The average Bonchev–Trinajstić information content (AvgIpc) is 3.90. The predicted molar refractivity (Wildman–Crippen MR) is 154 cm³/mol. The van der Waals surface area contributed by atoms with E-state index in [9.17, 15) is 4.79 Å². The quantitative estimate of drug-likeness (QED) is 0.227. The Morgan fingerprint density at radius 2 is 1.64 bits per heavy atom. The van der Waals surface area contributed by atoms with Gasteiger partial charge in [0.25, 0.3) is 5.91 Å². The molecule has 1 atom stereocenters. The van der Waals surface area contributed by atoms with Gasteiger partial charge < -0.3 is 5.32 Å². The second-order valence-corrected chi connectivity index (χ2v) is 10.9. The van der Waals surface area contributed by atoms with Gasteiger partial charge in [-0.25, -0.2) is 9.53 Å². The second kappa shape index (κ2) is 10.9. The molecular formula is C33H33N5O. The monoisotopic (exact) mass is 515 g/mol. The van der Waals surface area contributed by atoms with Crippen LogP contribution in [0.2, 0.25) is 0 Å². The van der Waals surface area contributed by atoms with Crippen molar-refractivity contribution in [2.75, 3.05) is 18.4 Å². The van der Waals surface area contributed by atoms with Crippen molar-refractivity contribution >= 4 is 17.3 Å². The Morgan fingerprint density at radius 3 is 2.33 bits per heavy atom. The molecule has 1 unspecified atom stereocenters. The van der Waals surface area contributed by atoms with Gasteiger partial charge in [0.1, 0.15) is 5.69 Å². The van der Waals surface area contributed by atoms with E-state index in [1.54, 1.807) is 22.9 Å². The molecule has 0 saturated heterocycles. The van der Waals surface area contributed by atoms with E-state index < -0.39 is 0 Å². The first kappa shape index (κ1) is 25.1. The van der Waals surface area contributed by atoms with E-state index >= 15 is 0 Å². The van der Waals surface area contributed by atoms with Crippen molar-refractivity contribution in [3.8, 4) is 5.69 Å². The minimum Gasteiger partial charge on any atom is -0.321 e. The number of hydrogen-bond donors (Lipinski definition) is 1. The molecule has 1 aromatic heterocycles. The molecule has 3 aromatic carbocycles. The normalized spacial score (nSPS) is 15.6. The van der Waals surface area contributed by atoms with E-state index in [-0.39, 0.29) is 11.9 Å². The first-order chi connectivity index (χ1) is 19.1. The number of aryl methyl sites for hydroxylation is 1. The number of hydrogen-bond acceptors (Lipinski definition) is 3. The van der Waals surface area contributed by atoms with Gasteiger partial charge in [-0.3, -0.25) is 9.69 Å². The topological polar surface area (TPSA) is 54.5 Å². The van der Waals surface area contributed by atoms with Crippen LogP contribution in [0.15, 0.2) is 84.9 Å². The molecule has 2 aliphatic carbocycles. The molecule has 0 bridgehead atoms. The second-order valence-electron chi connectivity index (χ2n) is 10.9. The van der Waals surface area contributed by atoms with E-state index in [2.05, 4.69) is 62.6 Å². The Kier molecular flexibility index (Phi) is 7.00. The highest BCUT2D eigenvalue weighted by Gasteiger charge is 2.34. The zero-order valence-electron chi connectivity index (χ0n) is 22.3. The van der Waals surface area contributed by atoms with E-state index in [0.29, 0.717) is 17.1 Å². The smallest absolute Gasteiger partial charge is 0.274 e. The maximum atomic E-state index is 13.5. The van der Waals surface area contributed by atoms with E-state index in [4.69, 9.17) is 6.57 Å². The van der Waals surface area contributed by atoms with Crippen molar-refractivity contribution in [2.45, 2.75) is 38.6 Å². The van der Waals surface area contributed by atoms with Crippen LogP contribution in [-0.4, -0.2) is 33.7 Å². The lowest BCUT2D eigenvalue weighted by Crippen LogP contribution is -2.33. The van der Waals surface area contributed by atoms with Gasteiger partial charge in [0, 0.05) is 18.8 Å². The number of rotatable bonds is 10. The largest absolute Gasteiger partial charge is 0.321 e. The molecule has 1 heterocycles. The van der Waals surface area contributed by atoms with E-state index in [1.807, 2.05) is 31.2 Å². The van der Waals surface area contributed by atoms with Crippen molar-refractivity contribution in [2.24, 2.45) is 11.8 Å². The fourth-order valence-electron chi connectivity index (χ4n) is 5.33. The number of amides is 1. The standard InChI is InChI=1S/C33H33N5O/c1-23-18-31(38(36-23)30-13-7-11-28(20-30)34-2)33(39)35-29-12-6-10-27(19-29)32(26-8-4-3-5-9-26)37(21-24-14-15-24)22-25-16-17-25/h3-13,18-20,24-25,32H,14-17,21-22H2,1H3,(H,35,39). The maximum Gasteiger partial charge on any atom is 0.274 e. The van der Waals surface area contributed by atoms with Crippen molar-refractivity contribution in [1.29, 1.82) is 0 Å². The number of carbonyl (C=O) groups excluding carboxylic acids is 1. The Labute approximate surface area is 230 Å². The van der Waals surface area contributed by atoms with Crippen molar-refractivity contribution < 1.29 is 4.79 Å². The molecular weight excluding hydrogens is 482 g/mol. The summed E-state index contributed by atoms with van der Waals surface area (Å²) in [6.45, 7) is 11.4. The van der Waals surface area contributed by atoms with Gasteiger partial charge in [-0.15, -0.1) is 0 Å². The molecule has 1 N–H and O–H groups in total. The third-order valence-corrected chi connectivity index (χ3v) is 7.59. The Morgan fingerprint density at radius 1 is 0.949 bits per heavy atom. The first-order valence-electron chi connectivity index (χ1n) is 13.8. The lowest BCUT2D eigenvalue weighted by molar-refractivity contribution is 0.101. The molecule has 6 heteroatoms. The number of carbonyl (C=O) groups is 1. The molecule has 0 aliphatic heterocycles. The summed E-state index contributed by atoms with van der Waals surface area (Å²) >= 11 is 0. The van der Waals surface area contributed by atoms with Gasteiger partial charge in [-0.2, -0.15) is 5.10 Å². The summed E-state index contributed by atoms with van der Waals surface area (Å²) in [5, 5.41) is 7.66. The summed E-state index contributed by atoms with van der Waals surface area (Å²) in [4.78, 5) is 19.7. The SMILES string of the molecule is [C-]#[N+]c1cccc(-n2nc(C)cc2C(=O)Nc2cccc(C(c3ccccc3)N(CC3CC3)CC3CC3)c2)c1. The van der Waals surface area contributed by atoms with E-state index in [0.717, 1.165) is 36.3 Å². The highest BCUT2D eigenvalue weighted by atomic mass is 16.2. The fourth-order valence-corrected chi connectivity index (χ4v) is 5.33. The lowest BCUT2D eigenvalue weighted by Gasteiger charge is -2.33. The minimum absolute atomic E-state index is 0.147. The zero-order chi connectivity index (χ0) is 26.8. The molecule has 0 spiro atoms. The maximum absolute atomic E-state index is 13.5.